The molecular formula is C24H21F4N5O3S. The minimum atomic E-state index is -4.66. The van der Waals surface area contributed by atoms with E-state index in [9.17, 15) is 30.8 Å². The maximum atomic E-state index is 13.3. The molecule has 2 aliphatic rings. The smallest absolute Gasteiger partial charge is 0.351 e. The van der Waals surface area contributed by atoms with Gasteiger partial charge in [-0.1, -0.05) is 6.92 Å². The maximum absolute atomic E-state index is 13.3. The summed E-state index contributed by atoms with van der Waals surface area (Å²) in [6.45, 7) is 1.97. The first-order chi connectivity index (χ1) is 17.5. The number of rotatable bonds is 6. The number of piperidine rings is 1. The van der Waals surface area contributed by atoms with Crippen molar-refractivity contribution in [1.82, 2.24) is 24.6 Å². The number of sulfonamides is 1. The van der Waals surface area contributed by atoms with E-state index < -0.39 is 39.8 Å². The Morgan fingerprint density at radius 2 is 1.78 bits per heavy atom. The molecule has 194 valence electrons. The molecular weight excluding hydrogens is 514 g/mol. The van der Waals surface area contributed by atoms with Crippen LogP contribution in [-0.2, 0) is 27.5 Å². The van der Waals surface area contributed by atoms with Gasteiger partial charge in [-0.15, -0.1) is 0 Å². The minimum absolute atomic E-state index is 0.0433. The number of carbonyl (C=O) groups is 1. The van der Waals surface area contributed by atoms with E-state index in [2.05, 4.69) is 20.3 Å². The second-order valence-corrected chi connectivity index (χ2v) is 11.0. The number of fused-ring (bicyclic) bond motifs is 1. The van der Waals surface area contributed by atoms with Crippen molar-refractivity contribution in [2.24, 2.45) is 11.8 Å². The van der Waals surface area contributed by atoms with E-state index in [1.165, 1.54) is 22.6 Å². The van der Waals surface area contributed by atoms with Gasteiger partial charge in [0.05, 0.1) is 10.6 Å². The van der Waals surface area contributed by atoms with Crippen LogP contribution in [0.2, 0.25) is 0 Å². The summed E-state index contributed by atoms with van der Waals surface area (Å²) >= 11 is 0. The van der Waals surface area contributed by atoms with Gasteiger partial charge in [0.2, 0.25) is 21.8 Å². The molecule has 0 spiro atoms. The van der Waals surface area contributed by atoms with Crippen LogP contribution in [-0.4, -0.2) is 45.7 Å². The lowest BCUT2D eigenvalue weighted by Gasteiger charge is -2.27. The number of amides is 1. The number of hydrogen-bond donors (Lipinski definition) is 1. The number of pyridine rings is 1. The molecule has 1 amide bonds. The predicted octanol–water partition coefficient (Wildman–Crippen LogP) is 3.41. The Morgan fingerprint density at radius 3 is 2.43 bits per heavy atom. The molecule has 2 aromatic heterocycles. The highest BCUT2D eigenvalue weighted by molar-refractivity contribution is 7.89. The average Bonchev–Trinajstić information content (AvgIpc) is 3.29. The molecule has 1 aliphatic heterocycles. The van der Waals surface area contributed by atoms with Crippen molar-refractivity contribution < 1.29 is 30.8 Å². The summed E-state index contributed by atoms with van der Waals surface area (Å²) in [5, 5.41) is 2.75. The van der Waals surface area contributed by atoms with Crippen LogP contribution >= 0.6 is 0 Å². The third-order valence-electron chi connectivity index (χ3n) is 6.79. The first-order valence-electron chi connectivity index (χ1n) is 11.4. The van der Waals surface area contributed by atoms with E-state index in [4.69, 9.17) is 0 Å². The maximum Gasteiger partial charge on any atom is 0.451 e. The molecule has 8 nitrogen and oxygen atoms in total. The van der Waals surface area contributed by atoms with E-state index in [0.29, 0.717) is 17.7 Å². The molecule has 1 aromatic carbocycles. The van der Waals surface area contributed by atoms with Gasteiger partial charge in [-0.3, -0.25) is 9.78 Å². The Balaban J connectivity index is 1.30. The van der Waals surface area contributed by atoms with Crippen molar-refractivity contribution in [3.05, 3.63) is 72.2 Å². The molecule has 3 heterocycles. The number of carbonyl (C=O) groups excluding carboxylic acids is 1. The van der Waals surface area contributed by atoms with Crippen molar-refractivity contribution in [2.75, 3.05) is 0 Å². The monoisotopic (exact) mass is 535 g/mol. The van der Waals surface area contributed by atoms with Gasteiger partial charge in [0.15, 0.2) is 0 Å². The Hall–Kier alpha value is -3.45. The normalized spacial score (nSPS) is 23.5. The van der Waals surface area contributed by atoms with Gasteiger partial charge in [-0.2, -0.15) is 17.5 Å². The summed E-state index contributed by atoms with van der Waals surface area (Å²) in [5.74, 6) is -2.11. The van der Waals surface area contributed by atoms with Gasteiger partial charge in [0.1, 0.15) is 11.9 Å². The topological polar surface area (TPSA) is 105 Å². The van der Waals surface area contributed by atoms with Gasteiger partial charge in [-0.05, 0) is 60.2 Å². The van der Waals surface area contributed by atoms with E-state index >= 15 is 0 Å². The summed E-state index contributed by atoms with van der Waals surface area (Å²) in [6.07, 6.45) is -0.807. The quantitative estimate of drug-likeness (QED) is 0.485. The van der Waals surface area contributed by atoms with Crippen LogP contribution in [0.25, 0.3) is 11.3 Å². The molecule has 13 heteroatoms. The van der Waals surface area contributed by atoms with E-state index in [1.54, 1.807) is 12.1 Å². The molecule has 5 rings (SSSR count). The first kappa shape index (κ1) is 25.2. The van der Waals surface area contributed by atoms with Crippen molar-refractivity contribution >= 4 is 15.9 Å². The minimum Gasteiger partial charge on any atom is -0.351 e. The van der Waals surface area contributed by atoms with Crippen LogP contribution in [0.3, 0.4) is 0 Å². The van der Waals surface area contributed by atoms with Crippen LogP contribution in [0.5, 0.6) is 0 Å². The molecule has 1 saturated heterocycles. The van der Waals surface area contributed by atoms with Crippen molar-refractivity contribution in [2.45, 2.75) is 43.0 Å². The Kier molecular flexibility index (Phi) is 6.23. The fraction of sp³-hybridized carbons (Fsp3) is 0.333. The number of nitrogens with one attached hydrogen (secondary N) is 1. The molecule has 0 radical (unpaired) electrons. The predicted molar refractivity (Wildman–Crippen MR) is 122 cm³/mol. The highest BCUT2D eigenvalue weighted by Gasteiger charge is 2.63. The third-order valence-corrected chi connectivity index (χ3v) is 8.71. The van der Waals surface area contributed by atoms with Crippen LogP contribution in [0.1, 0.15) is 24.7 Å². The van der Waals surface area contributed by atoms with Crippen molar-refractivity contribution in [1.29, 1.82) is 0 Å². The van der Waals surface area contributed by atoms with Crippen molar-refractivity contribution in [3.63, 3.8) is 0 Å². The SMILES string of the molecule is C[C@H]1C2C[C@@H](C(=O)NCc3ccnc(-c4cnc(C(F)(F)F)nc4)c3)N(S(=O)(=O)c3ccc(F)cc3)C21. The highest BCUT2D eigenvalue weighted by atomic mass is 32.2. The zero-order valence-corrected chi connectivity index (χ0v) is 20.2. The second kappa shape index (κ2) is 9.14. The van der Waals surface area contributed by atoms with Crippen LogP contribution in [0.15, 0.2) is 59.9 Å². The van der Waals surface area contributed by atoms with Crippen molar-refractivity contribution in [3.8, 4) is 11.3 Å². The third kappa shape index (κ3) is 4.80. The number of alkyl halides is 3. The second-order valence-electron chi connectivity index (χ2n) is 9.11. The van der Waals surface area contributed by atoms with E-state index in [-0.39, 0.29) is 34.9 Å². The van der Waals surface area contributed by atoms with Gasteiger partial charge in [-0.25, -0.2) is 22.8 Å². The summed E-state index contributed by atoms with van der Waals surface area (Å²) in [6, 6.07) is 6.49. The first-order valence-corrected chi connectivity index (χ1v) is 12.8. The fourth-order valence-corrected chi connectivity index (χ4v) is 6.71. The van der Waals surface area contributed by atoms with Crippen LogP contribution in [0, 0.1) is 17.7 Å². The summed E-state index contributed by atoms with van der Waals surface area (Å²) in [5.41, 5.74) is 1.18. The molecule has 2 unspecified atom stereocenters. The summed E-state index contributed by atoms with van der Waals surface area (Å²) < 4.78 is 79.4. The lowest BCUT2D eigenvalue weighted by atomic mass is 10.1. The molecule has 1 aliphatic carbocycles. The summed E-state index contributed by atoms with van der Waals surface area (Å²) in [4.78, 5) is 23.8. The standard InChI is InChI=1S/C24H21F4N5O3S/c1-13-18-9-20(33(21(13)18)37(35,36)17-4-2-16(25)3-5-17)22(34)30-10-14-6-7-29-19(8-14)15-11-31-23(32-12-15)24(26,27)28/h2-8,11-13,18,20-21H,9-10H2,1H3,(H,30,34)/t13-,18?,20-,21?/m0/s1. The largest absolute Gasteiger partial charge is 0.451 e. The lowest BCUT2D eigenvalue weighted by molar-refractivity contribution is -0.145. The van der Waals surface area contributed by atoms with Gasteiger partial charge in [0, 0.05) is 36.7 Å². The molecule has 37 heavy (non-hydrogen) atoms. The summed E-state index contributed by atoms with van der Waals surface area (Å²) in [7, 11) is -4.03. The molecule has 1 N–H and O–H groups in total. The highest BCUT2D eigenvalue weighted by Crippen LogP contribution is 2.55. The van der Waals surface area contributed by atoms with Gasteiger partial charge < -0.3 is 5.32 Å². The van der Waals surface area contributed by atoms with Gasteiger partial charge >= 0.3 is 6.18 Å². The molecule has 1 saturated carbocycles. The Labute approximate surface area is 209 Å². The fourth-order valence-electron chi connectivity index (χ4n) is 4.80. The molecule has 4 atom stereocenters. The number of aromatic nitrogens is 3. The average molecular weight is 536 g/mol. The molecule has 2 fully saturated rings. The van der Waals surface area contributed by atoms with E-state index in [0.717, 1.165) is 24.5 Å². The molecule has 3 aromatic rings. The van der Waals surface area contributed by atoms with Crippen LogP contribution in [0.4, 0.5) is 17.6 Å². The number of benzene rings is 1. The van der Waals surface area contributed by atoms with Crippen LogP contribution < -0.4 is 5.32 Å². The Bertz CT molecular complexity index is 1430. The number of nitrogens with zero attached hydrogens (tertiary/aromatic N) is 4. The number of hydrogen-bond acceptors (Lipinski definition) is 6. The zero-order valence-electron chi connectivity index (χ0n) is 19.4. The number of halogens is 4. The lowest BCUT2D eigenvalue weighted by Crippen LogP contribution is -2.48. The van der Waals surface area contributed by atoms with Gasteiger partial charge in [0.25, 0.3) is 0 Å². The Morgan fingerprint density at radius 1 is 1.11 bits per heavy atom. The molecule has 0 bridgehead atoms. The zero-order chi connectivity index (χ0) is 26.5. The van der Waals surface area contributed by atoms with E-state index in [1.807, 2.05) is 6.92 Å².